The summed E-state index contributed by atoms with van der Waals surface area (Å²) in [5.41, 5.74) is 1.64. The Labute approximate surface area is 131 Å². The molecule has 1 aromatic carbocycles. The van der Waals surface area contributed by atoms with Crippen LogP contribution in [0.3, 0.4) is 0 Å². The molecule has 0 aliphatic carbocycles. The van der Waals surface area contributed by atoms with Crippen LogP contribution in [-0.2, 0) is 0 Å². The third-order valence-electron chi connectivity index (χ3n) is 2.99. The first-order chi connectivity index (χ1) is 10.1. The number of H-pyrrole nitrogens is 1. The molecule has 0 unspecified atom stereocenters. The third kappa shape index (κ3) is 2.62. The number of hydrogen-bond acceptors (Lipinski definition) is 4. The average molecular weight is 321 g/mol. The summed E-state index contributed by atoms with van der Waals surface area (Å²) in [7, 11) is 0. The molecule has 0 radical (unpaired) electrons. The molecule has 0 saturated heterocycles. The fraction of sp³-hybridized carbons (Fsp3) is 0.231. The maximum Gasteiger partial charge on any atom is 0.209 e. The van der Waals surface area contributed by atoms with E-state index in [9.17, 15) is 0 Å². The van der Waals surface area contributed by atoms with Crippen molar-refractivity contribution in [1.29, 1.82) is 0 Å². The van der Waals surface area contributed by atoms with Crippen molar-refractivity contribution in [3.8, 4) is 17.1 Å². The van der Waals surface area contributed by atoms with Gasteiger partial charge in [-0.3, -0.25) is 5.10 Å². The fourth-order valence-corrected chi connectivity index (χ4v) is 2.30. The number of halogens is 1. The molecule has 3 rings (SSSR count). The summed E-state index contributed by atoms with van der Waals surface area (Å²) in [6.07, 6.45) is 1.78. The van der Waals surface area contributed by atoms with Crippen LogP contribution in [0, 0.1) is 4.64 Å². The van der Waals surface area contributed by atoms with Crippen LogP contribution >= 0.6 is 23.8 Å². The van der Waals surface area contributed by atoms with Gasteiger partial charge in [0.05, 0.1) is 17.3 Å². The molecule has 6 nitrogen and oxygen atoms in total. The van der Waals surface area contributed by atoms with Crippen LogP contribution in [0.2, 0.25) is 5.02 Å². The van der Waals surface area contributed by atoms with Crippen LogP contribution in [0.15, 0.2) is 30.5 Å². The first kappa shape index (κ1) is 14.0. The molecule has 0 atom stereocenters. The van der Waals surface area contributed by atoms with Crippen molar-refractivity contribution in [3.63, 3.8) is 0 Å². The number of nitrogens with zero attached hydrogens (tertiary/aromatic N) is 5. The van der Waals surface area contributed by atoms with E-state index in [2.05, 4.69) is 20.5 Å². The van der Waals surface area contributed by atoms with E-state index < -0.39 is 0 Å². The van der Waals surface area contributed by atoms with Gasteiger partial charge in [0.25, 0.3) is 0 Å². The zero-order valence-electron chi connectivity index (χ0n) is 11.5. The Hall–Kier alpha value is -1.99. The Morgan fingerprint density at radius 2 is 1.95 bits per heavy atom. The molecule has 2 aromatic heterocycles. The van der Waals surface area contributed by atoms with Crippen molar-refractivity contribution >= 4 is 23.8 Å². The number of tetrazole rings is 1. The van der Waals surface area contributed by atoms with Crippen LogP contribution in [0.1, 0.15) is 19.9 Å². The minimum Gasteiger partial charge on any atom is -0.299 e. The van der Waals surface area contributed by atoms with Gasteiger partial charge in [0, 0.05) is 11.2 Å². The number of aromatic amines is 1. The molecular weight excluding hydrogens is 308 g/mol. The molecule has 21 heavy (non-hydrogen) atoms. The van der Waals surface area contributed by atoms with Crippen LogP contribution in [0.4, 0.5) is 0 Å². The summed E-state index contributed by atoms with van der Waals surface area (Å²) in [4.78, 5) is 1.56. The van der Waals surface area contributed by atoms with Gasteiger partial charge in [0.1, 0.15) is 4.64 Å². The predicted molar refractivity (Wildman–Crippen MR) is 83.2 cm³/mol. The van der Waals surface area contributed by atoms with E-state index in [1.807, 2.05) is 38.1 Å². The molecule has 8 heteroatoms. The second kappa shape index (κ2) is 5.42. The molecule has 0 aliphatic heterocycles. The lowest BCUT2D eigenvalue weighted by molar-refractivity contribution is 0.455. The quantitative estimate of drug-likeness (QED) is 0.751. The van der Waals surface area contributed by atoms with Gasteiger partial charge in [-0.25, -0.2) is 4.68 Å². The highest BCUT2D eigenvalue weighted by Gasteiger charge is 2.13. The summed E-state index contributed by atoms with van der Waals surface area (Å²) in [6, 6.07) is 7.55. The largest absolute Gasteiger partial charge is 0.299 e. The van der Waals surface area contributed by atoms with Gasteiger partial charge >= 0.3 is 0 Å². The minimum atomic E-state index is 0.155. The van der Waals surface area contributed by atoms with Crippen LogP contribution in [0.5, 0.6) is 0 Å². The smallest absolute Gasteiger partial charge is 0.209 e. The molecule has 2 heterocycles. The van der Waals surface area contributed by atoms with Gasteiger partial charge in [-0.2, -0.15) is 4.80 Å². The molecule has 3 aromatic rings. The number of nitrogens with one attached hydrogen (secondary N) is 1. The molecule has 0 spiro atoms. The molecule has 0 fully saturated rings. The van der Waals surface area contributed by atoms with Gasteiger partial charge in [0.15, 0.2) is 0 Å². The SMILES string of the molecule is CC(C)n1nnc(-c2c[nH]n(-c3ccc(Cl)cc3)c2=S)n1. The number of aromatic nitrogens is 6. The van der Waals surface area contributed by atoms with E-state index in [1.165, 1.54) is 0 Å². The normalized spacial score (nSPS) is 11.2. The molecule has 0 bridgehead atoms. The Morgan fingerprint density at radius 1 is 1.24 bits per heavy atom. The number of hydrogen-bond donors (Lipinski definition) is 1. The first-order valence-electron chi connectivity index (χ1n) is 6.42. The highest BCUT2D eigenvalue weighted by atomic mass is 35.5. The van der Waals surface area contributed by atoms with Gasteiger partial charge in [0.2, 0.25) is 5.82 Å². The van der Waals surface area contributed by atoms with Crippen molar-refractivity contribution in [1.82, 2.24) is 30.0 Å². The zero-order chi connectivity index (χ0) is 15.0. The molecule has 0 aliphatic rings. The van der Waals surface area contributed by atoms with E-state index >= 15 is 0 Å². The molecular formula is C13H13ClN6S. The molecule has 0 saturated carbocycles. The lowest BCUT2D eigenvalue weighted by atomic mass is 10.3. The van der Waals surface area contributed by atoms with Crippen molar-refractivity contribution in [3.05, 3.63) is 40.1 Å². The molecule has 1 N–H and O–H groups in total. The van der Waals surface area contributed by atoms with Crippen LogP contribution < -0.4 is 0 Å². The zero-order valence-corrected chi connectivity index (χ0v) is 13.1. The van der Waals surface area contributed by atoms with Gasteiger partial charge in [-0.15, -0.1) is 10.2 Å². The van der Waals surface area contributed by atoms with E-state index in [1.54, 1.807) is 15.7 Å². The third-order valence-corrected chi connectivity index (χ3v) is 3.64. The summed E-state index contributed by atoms with van der Waals surface area (Å²) in [6.45, 7) is 3.98. The standard InChI is InChI=1S/C13H13ClN6S/c1-8(2)20-17-12(16-18-20)11-7-15-19(13(11)21)10-5-3-9(14)4-6-10/h3-8,15H,1-2H3. The minimum absolute atomic E-state index is 0.155. The topological polar surface area (TPSA) is 64.3 Å². The monoisotopic (exact) mass is 320 g/mol. The van der Waals surface area contributed by atoms with Crippen molar-refractivity contribution in [2.45, 2.75) is 19.9 Å². The average Bonchev–Trinajstić information content (AvgIpc) is 3.06. The van der Waals surface area contributed by atoms with E-state index in [0.29, 0.717) is 15.5 Å². The second-order valence-electron chi connectivity index (χ2n) is 4.83. The lowest BCUT2D eigenvalue weighted by Crippen LogP contribution is -2.04. The second-order valence-corrected chi connectivity index (χ2v) is 5.65. The fourth-order valence-electron chi connectivity index (χ4n) is 1.86. The summed E-state index contributed by atoms with van der Waals surface area (Å²) >= 11 is 11.4. The Kier molecular flexibility index (Phi) is 3.60. The van der Waals surface area contributed by atoms with Crippen LogP contribution in [0.25, 0.3) is 17.1 Å². The van der Waals surface area contributed by atoms with Gasteiger partial charge in [-0.05, 0) is 43.3 Å². The Balaban J connectivity index is 2.02. The highest BCUT2D eigenvalue weighted by Crippen LogP contribution is 2.20. The van der Waals surface area contributed by atoms with Gasteiger partial charge < -0.3 is 0 Å². The van der Waals surface area contributed by atoms with E-state index in [-0.39, 0.29) is 6.04 Å². The van der Waals surface area contributed by atoms with E-state index in [4.69, 9.17) is 23.8 Å². The van der Waals surface area contributed by atoms with Gasteiger partial charge in [-0.1, -0.05) is 23.8 Å². The summed E-state index contributed by atoms with van der Waals surface area (Å²) in [5.74, 6) is 0.512. The summed E-state index contributed by atoms with van der Waals surface area (Å²) in [5, 5.41) is 16.2. The maximum atomic E-state index is 5.90. The lowest BCUT2D eigenvalue weighted by Gasteiger charge is -2.02. The van der Waals surface area contributed by atoms with E-state index in [0.717, 1.165) is 11.3 Å². The number of benzene rings is 1. The van der Waals surface area contributed by atoms with Crippen molar-refractivity contribution < 1.29 is 0 Å². The van der Waals surface area contributed by atoms with Crippen LogP contribution in [-0.4, -0.2) is 30.0 Å². The maximum absolute atomic E-state index is 5.90. The Bertz CT molecular complexity index is 814. The first-order valence-corrected chi connectivity index (χ1v) is 7.21. The summed E-state index contributed by atoms with van der Waals surface area (Å²) < 4.78 is 2.37. The predicted octanol–water partition coefficient (Wildman–Crippen LogP) is 3.42. The Morgan fingerprint density at radius 3 is 2.57 bits per heavy atom. The highest BCUT2D eigenvalue weighted by molar-refractivity contribution is 7.71. The number of rotatable bonds is 3. The molecule has 0 amide bonds. The molecule has 108 valence electrons. The van der Waals surface area contributed by atoms with Crippen molar-refractivity contribution in [2.75, 3.05) is 0 Å². The van der Waals surface area contributed by atoms with Crippen molar-refractivity contribution in [2.24, 2.45) is 0 Å².